The van der Waals surface area contributed by atoms with Crippen LogP contribution in [0.1, 0.15) is 37.7 Å². The van der Waals surface area contributed by atoms with Gasteiger partial charge >= 0.3 is 6.03 Å². The van der Waals surface area contributed by atoms with E-state index in [4.69, 9.17) is 5.73 Å². The highest BCUT2D eigenvalue weighted by atomic mass is 16.2. The monoisotopic (exact) mass is 272 g/mol. The second-order valence-electron chi connectivity index (χ2n) is 4.87. The first kappa shape index (κ1) is 14.4. The van der Waals surface area contributed by atoms with E-state index < -0.39 is 0 Å². The molecule has 0 unspecified atom stereocenters. The van der Waals surface area contributed by atoms with Gasteiger partial charge in [0.25, 0.3) is 0 Å². The lowest BCUT2D eigenvalue weighted by Gasteiger charge is -2.22. The topological polar surface area (TPSA) is 80.0 Å². The van der Waals surface area contributed by atoms with Gasteiger partial charge in [0.1, 0.15) is 5.82 Å². The van der Waals surface area contributed by atoms with Crippen LogP contribution in [0.5, 0.6) is 0 Å². The standard InChI is InChI=1S/C15H20N4O/c16-9-4-5-12-8-10-17-14(11-12)19-15(20)18-13-6-2-1-3-7-13/h8,10-11,13H,1-3,6-7,9,16H2,(H2,17,18,19,20). The van der Waals surface area contributed by atoms with E-state index in [0.29, 0.717) is 12.4 Å². The summed E-state index contributed by atoms with van der Waals surface area (Å²) in [7, 11) is 0. The predicted molar refractivity (Wildman–Crippen MR) is 79.2 cm³/mol. The summed E-state index contributed by atoms with van der Waals surface area (Å²) in [6.07, 6.45) is 7.38. The first-order chi connectivity index (χ1) is 9.78. The fraction of sp³-hybridized carbons (Fsp3) is 0.467. The number of anilines is 1. The number of urea groups is 1. The van der Waals surface area contributed by atoms with Crippen molar-refractivity contribution in [2.45, 2.75) is 38.1 Å². The number of aromatic nitrogens is 1. The Bertz CT molecular complexity index is 512. The number of pyridine rings is 1. The maximum atomic E-state index is 11.9. The maximum absolute atomic E-state index is 11.9. The van der Waals surface area contributed by atoms with Crippen molar-refractivity contribution in [2.24, 2.45) is 5.73 Å². The first-order valence-corrected chi connectivity index (χ1v) is 7.00. The van der Waals surface area contributed by atoms with Crippen LogP contribution in [0.25, 0.3) is 0 Å². The molecule has 2 rings (SSSR count). The normalized spacial score (nSPS) is 15.1. The molecule has 0 saturated heterocycles. The van der Waals surface area contributed by atoms with Crippen LogP contribution in [0.4, 0.5) is 10.6 Å². The van der Waals surface area contributed by atoms with E-state index in [1.165, 1.54) is 19.3 Å². The third-order valence-electron chi connectivity index (χ3n) is 3.28. The Morgan fingerprint density at radius 2 is 2.20 bits per heavy atom. The lowest BCUT2D eigenvalue weighted by molar-refractivity contribution is 0.244. The fourth-order valence-corrected chi connectivity index (χ4v) is 2.31. The lowest BCUT2D eigenvalue weighted by atomic mass is 9.96. The molecule has 1 aromatic heterocycles. The van der Waals surface area contributed by atoms with Crippen LogP contribution >= 0.6 is 0 Å². The number of carbonyl (C=O) groups excluding carboxylic acids is 1. The fourth-order valence-electron chi connectivity index (χ4n) is 2.31. The van der Waals surface area contributed by atoms with E-state index in [0.717, 1.165) is 18.4 Å². The third kappa shape index (κ3) is 4.56. The molecule has 0 aliphatic heterocycles. The number of amides is 2. The SMILES string of the molecule is NCC#Cc1ccnc(NC(=O)NC2CCCCC2)c1. The molecule has 106 valence electrons. The average Bonchev–Trinajstić information content (AvgIpc) is 2.46. The predicted octanol–water partition coefficient (Wildman–Crippen LogP) is 1.85. The Kier molecular flexibility index (Phi) is 5.39. The quantitative estimate of drug-likeness (QED) is 0.719. The van der Waals surface area contributed by atoms with Gasteiger partial charge in [0, 0.05) is 17.8 Å². The van der Waals surface area contributed by atoms with Crippen molar-refractivity contribution in [3.8, 4) is 11.8 Å². The summed E-state index contributed by atoms with van der Waals surface area (Å²) in [6.45, 7) is 0.313. The number of hydrogen-bond acceptors (Lipinski definition) is 3. The van der Waals surface area contributed by atoms with Crippen LogP contribution in [0.3, 0.4) is 0 Å². The molecule has 1 heterocycles. The van der Waals surface area contributed by atoms with Gasteiger partial charge in [0.2, 0.25) is 0 Å². The van der Waals surface area contributed by atoms with Crippen molar-refractivity contribution in [2.75, 3.05) is 11.9 Å². The zero-order valence-electron chi connectivity index (χ0n) is 11.5. The molecule has 1 aromatic rings. The third-order valence-corrected chi connectivity index (χ3v) is 3.28. The zero-order chi connectivity index (χ0) is 14.2. The maximum Gasteiger partial charge on any atom is 0.320 e. The van der Waals surface area contributed by atoms with E-state index >= 15 is 0 Å². The van der Waals surface area contributed by atoms with E-state index in [-0.39, 0.29) is 12.1 Å². The summed E-state index contributed by atoms with van der Waals surface area (Å²) >= 11 is 0. The first-order valence-electron chi connectivity index (χ1n) is 7.00. The Balaban J connectivity index is 1.90. The van der Waals surface area contributed by atoms with E-state index in [9.17, 15) is 4.79 Å². The number of hydrogen-bond donors (Lipinski definition) is 3. The molecule has 0 bridgehead atoms. The van der Waals surface area contributed by atoms with E-state index in [1.54, 1.807) is 18.3 Å². The summed E-state index contributed by atoms with van der Waals surface area (Å²) < 4.78 is 0. The second-order valence-corrected chi connectivity index (χ2v) is 4.87. The summed E-state index contributed by atoms with van der Waals surface area (Å²) in [6, 6.07) is 3.60. The van der Waals surface area contributed by atoms with Crippen LogP contribution in [0, 0.1) is 11.8 Å². The summed E-state index contributed by atoms with van der Waals surface area (Å²) in [5, 5.41) is 5.73. The van der Waals surface area contributed by atoms with Gasteiger partial charge in [-0.2, -0.15) is 0 Å². The van der Waals surface area contributed by atoms with Gasteiger partial charge in [-0.05, 0) is 25.0 Å². The molecule has 1 saturated carbocycles. The van der Waals surface area contributed by atoms with Gasteiger partial charge in [-0.3, -0.25) is 5.32 Å². The Morgan fingerprint density at radius 3 is 2.95 bits per heavy atom. The lowest BCUT2D eigenvalue weighted by Crippen LogP contribution is -2.39. The van der Waals surface area contributed by atoms with Gasteiger partial charge < -0.3 is 11.1 Å². The summed E-state index contributed by atoms with van der Waals surface area (Å²) in [4.78, 5) is 16.0. The highest BCUT2D eigenvalue weighted by Crippen LogP contribution is 2.17. The smallest absolute Gasteiger partial charge is 0.320 e. The largest absolute Gasteiger partial charge is 0.335 e. The van der Waals surface area contributed by atoms with Crippen LogP contribution in [-0.2, 0) is 0 Å². The Hall–Kier alpha value is -2.06. The molecule has 0 atom stereocenters. The number of carbonyl (C=O) groups is 1. The summed E-state index contributed by atoms with van der Waals surface area (Å²) in [5.41, 5.74) is 6.12. The van der Waals surface area contributed by atoms with Crippen molar-refractivity contribution in [3.63, 3.8) is 0 Å². The number of rotatable bonds is 2. The summed E-state index contributed by atoms with van der Waals surface area (Å²) in [5.74, 6) is 6.19. The van der Waals surface area contributed by atoms with Gasteiger partial charge in [0.15, 0.2) is 0 Å². The molecule has 5 heteroatoms. The second kappa shape index (κ2) is 7.51. The molecule has 1 fully saturated rings. The van der Waals surface area contributed by atoms with Crippen molar-refractivity contribution in [1.29, 1.82) is 0 Å². The molecule has 0 radical (unpaired) electrons. The minimum atomic E-state index is -0.201. The van der Waals surface area contributed by atoms with Crippen LogP contribution < -0.4 is 16.4 Å². The molecular weight excluding hydrogens is 252 g/mol. The van der Waals surface area contributed by atoms with Crippen LogP contribution in [0.15, 0.2) is 18.3 Å². The van der Waals surface area contributed by atoms with Gasteiger partial charge in [-0.25, -0.2) is 9.78 Å². The van der Waals surface area contributed by atoms with Crippen molar-refractivity contribution in [3.05, 3.63) is 23.9 Å². The molecule has 1 aliphatic rings. The molecule has 0 spiro atoms. The van der Waals surface area contributed by atoms with Gasteiger partial charge in [-0.15, -0.1) is 0 Å². The Labute approximate surface area is 119 Å². The minimum absolute atomic E-state index is 0.201. The highest BCUT2D eigenvalue weighted by molar-refractivity contribution is 5.88. The number of nitrogens with zero attached hydrogens (tertiary/aromatic N) is 1. The molecule has 0 aromatic carbocycles. The molecule has 5 nitrogen and oxygen atoms in total. The van der Waals surface area contributed by atoms with E-state index in [1.807, 2.05) is 0 Å². The molecule has 20 heavy (non-hydrogen) atoms. The van der Waals surface area contributed by atoms with Gasteiger partial charge in [-0.1, -0.05) is 31.1 Å². The molecule has 1 aliphatic carbocycles. The van der Waals surface area contributed by atoms with Gasteiger partial charge in [0.05, 0.1) is 6.54 Å². The molecular formula is C15H20N4O. The van der Waals surface area contributed by atoms with Crippen LogP contribution in [0.2, 0.25) is 0 Å². The number of nitrogens with one attached hydrogen (secondary N) is 2. The Morgan fingerprint density at radius 1 is 1.40 bits per heavy atom. The van der Waals surface area contributed by atoms with Crippen molar-refractivity contribution in [1.82, 2.24) is 10.3 Å². The molecule has 2 amide bonds. The van der Waals surface area contributed by atoms with Crippen molar-refractivity contribution >= 4 is 11.8 Å². The average molecular weight is 272 g/mol. The zero-order valence-corrected chi connectivity index (χ0v) is 11.5. The van der Waals surface area contributed by atoms with E-state index in [2.05, 4.69) is 27.5 Å². The minimum Gasteiger partial charge on any atom is -0.335 e. The number of nitrogens with two attached hydrogens (primary N) is 1. The highest BCUT2D eigenvalue weighted by Gasteiger charge is 2.15. The van der Waals surface area contributed by atoms with Crippen molar-refractivity contribution < 1.29 is 4.79 Å². The molecule has 4 N–H and O–H groups in total. The van der Waals surface area contributed by atoms with Crippen LogP contribution in [-0.4, -0.2) is 23.6 Å².